The van der Waals surface area contributed by atoms with Crippen LogP contribution in [0.5, 0.6) is 0 Å². The lowest BCUT2D eigenvalue weighted by atomic mass is 10.2. The zero-order valence-corrected chi connectivity index (χ0v) is 16.8. The maximum Gasteiger partial charge on any atom is 0.243 e. The SMILES string of the molecule is COCCNC(=O)[C@H](C)N1CCN(S(=O)(=O)c2cc(C)ccc2C)CC1. The molecule has 0 aromatic heterocycles. The maximum atomic E-state index is 13.0. The number of benzene rings is 1. The first-order valence-corrected chi connectivity index (χ1v) is 10.3. The average Bonchev–Trinajstić information content (AvgIpc) is 2.63. The molecule has 1 amide bonds. The van der Waals surface area contributed by atoms with Crippen LogP contribution in [-0.4, -0.2) is 76.0 Å². The van der Waals surface area contributed by atoms with Crippen LogP contribution in [0.1, 0.15) is 18.1 Å². The van der Waals surface area contributed by atoms with E-state index in [9.17, 15) is 13.2 Å². The summed E-state index contributed by atoms with van der Waals surface area (Å²) in [4.78, 5) is 14.5. The maximum absolute atomic E-state index is 13.0. The number of sulfonamides is 1. The highest BCUT2D eigenvalue weighted by Crippen LogP contribution is 2.22. The molecule has 8 heteroatoms. The normalized spacial score (nSPS) is 17.8. The molecule has 0 aliphatic carbocycles. The molecular formula is C18H29N3O4S. The smallest absolute Gasteiger partial charge is 0.243 e. The van der Waals surface area contributed by atoms with E-state index in [0.717, 1.165) is 11.1 Å². The lowest BCUT2D eigenvalue weighted by Gasteiger charge is -2.37. The van der Waals surface area contributed by atoms with Gasteiger partial charge in [-0.1, -0.05) is 12.1 Å². The van der Waals surface area contributed by atoms with Crippen LogP contribution < -0.4 is 5.32 Å². The van der Waals surface area contributed by atoms with E-state index in [1.807, 2.05) is 37.8 Å². The number of ether oxygens (including phenoxy) is 1. The summed E-state index contributed by atoms with van der Waals surface area (Å²) in [6.45, 7) is 8.32. The topological polar surface area (TPSA) is 79.0 Å². The molecule has 26 heavy (non-hydrogen) atoms. The van der Waals surface area contributed by atoms with Crippen LogP contribution in [0, 0.1) is 13.8 Å². The molecule has 7 nitrogen and oxygen atoms in total. The van der Waals surface area contributed by atoms with Crippen molar-refractivity contribution in [3.63, 3.8) is 0 Å². The molecule has 1 aliphatic heterocycles. The Morgan fingerprint density at radius 3 is 2.50 bits per heavy atom. The van der Waals surface area contributed by atoms with Crippen LogP contribution in [-0.2, 0) is 19.6 Å². The van der Waals surface area contributed by atoms with Crippen molar-refractivity contribution in [2.75, 3.05) is 46.4 Å². The third kappa shape index (κ3) is 4.82. The summed E-state index contributed by atoms with van der Waals surface area (Å²) in [5.74, 6) is -0.0621. The summed E-state index contributed by atoms with van der Waals surface area (Å²) >= 11 is 0. The molecule has 1 aromatic rings. The molecule has 0 saturated carbocycles. The third-order valence-electron chi connectivity index (χ3n) is 4.77. The highest BCUT2D eigenvalue weighted by molar-refractivity contribution is 7.89. The number of nitrogens with zero attached hydrogens (tertiary/aromatic N) is 2. The van der Waals surface area contributed by atoms with Gasteiger partial charge in [-0.05, 0) is 38.0 Å². The number of carbonyl (C=O) groups is 1. The summed E-state index contributed by atoms with van der Waals surface area (Å²) in [6, 6.07) is 5.18. The van der Waals surface area contributed by atoms with Crippen molar-refractivity contribution in [3.8, 4) is 0 Å². The van der Waals surface area contributed by atoms with Crippen LogP contribution in [0.25, 0.3) is 0 Å². The zero-order valence-electron chi connectivity index (χ0n) is 16.0. The van der Waals surface area contributed by atoms with Gasteiger partial charge >= 0.3 is 0 Å². The molecule has 1 N–H and O–H groups in total. The van der Waals surface area contributed by atoms with Gasteiger partial charge in [-0.15, -0.1) is 0 Å². The van der Waals surface area contributed by atoms with E-state index in [1.54, 1.807) is 13.2 Å². The van der Waals surface area contributed by atoms with Gasteiger partial charge in [0.1, 0.15) is 0 Å². The van der Waals surface area contributed by atoms with Crippen LogP contribution in [0.2, 0.25) is 0 Å². The van der Waals surface area contributed by atoms with Gasteiger partial charge in [0.25, 0.3) is 0 Å². The number of hydrogen-bond acceptors (Lipinski definition) is 5. The highest BCUT2D eigenvalue weighted by Gasteiger charge is 2.32. The standard InChI is InChI=1S/C18H29N3O4S/c1-14-5-6-15(2)17(13-14)26(23,24)21-10-8-20(9-11-21)16(3)18(22)19-7-12-25-4/h5-6,13,16H,7-12H2,1-4H3,(H,19,22)/t16-/m0/s1. The Morgan fingerprint density at radius 2 is 1.88 bits per heavy atom. The number of rotatable bonds is 7. The van der Waals surface area contributed by atoms with Gasteiger partial charge in [0.2, 0.25) is 15.9 Å². The summed E-state index contributed by atoms with van der Waals surface area (Å²) in [5, 5.41) is 2.82. The van der Waals surface area contributed by atoms with Crippen molar-refractivity contribution in [1.82, 2.24) is 14.5 Å². The first-order chi connectivity index (χ1) is 12.3. The second-order valence-electron chi connectivity index (χ2n) is 6.67. The molecule has 2 rings (SSSR count). The van der Waals surface area contributed by atoms with Gasteiger partial charge in [0.15, 0.2) is 0 Å². The second kappa shape index (κ2) is 8.94. The Bertz CT molecular complexity index is 728. The molecule has 1 aliphatic rings. The van der Waals surface area contributed by atoms with E-state index in [0.29, 0.717) is 44.2 Å². The Hall–Kier alpha value is -1.48. The minimum atomic E-state index is -3.51. The molecule has 1 fully saturated rings. The first-order valence-electron chi connectivity index (χ1n) is 8.85. The van der Waals surface area contributed by atoms with Gasteiger partial charge in [0, 0.05) is 39.8 Å². The fourth-order valence-corrected chi connectivity index (χ4v) is 4.78. The predicted molar refractivity (Wildman–Crippen MR) is 101 cm³/mol. The number of amides is 1. The molecule has 0 spiro atoms. The molecule has 1 aromatic carbocycles. The number of hydrogen-bond donors (Lipinski definition) is 1. The van der Waals surface area contributed by atoms with Crippen LogP contribution in [0.15, 0.2) is 23.1 Å². The second-order valence-corrected chi connectivity index (χ2v) is 8.58. The van der Waals surface area contributed by atoms with Crippen molar-refractivity contribution < 1.29 is 17.9 Å². The molecule has 1 atom stereocenters. The number of methoxy groups -OCH3 is 1. The molecule has 0 bridgehead atoms. The molecule has 0 radical (unpaired) electrons. The van der Waals surface area contributed by atoms with Gasteiger partial charge in [-0.3, -0.25) is 9.69 Å². The van der Waals surface area contributed by atoms with Gasteiger partial charge < -0.3 is 10.1 Å². The lowest BCUT2D eigenvalue weighted by Crippen LogP contribution is -2.55. The van der Waals surface area contributed by atoms with E-state index >= 15 is 0 Å². The molecule has 0 unspecified atom stereocenters. The van der Waals surface area contributed by atoms with Gasteiger partial charge in [-0.2, -0.15) is 4.31 Å². The first kappa shape index (κ1) is 20.8. The van der Waals surface area contributed by atoms with E-state index in [4.69, 9.17) is 4.74 Å². The van der Waals surface area contributed by atoms with Crippen LogP contribution >= 0.6 is 0 Å². The molecule has 1 saturated heterocycles. The highest BCUT2D eigenvalue weighted by atomic mass is 32.2. The quantitative estimate of drug-likeness (QED) is 0.704. The van der Waals surface area contributed by atoms with Crippen molar-refractivity contribution in [2.24, 2.45) is 0 Å². The predicted octanol–water partition coefficient (Wildman–Crippen LogP) is 0.761. The lowest BCUT2D eigenvalue weighted by molar-refractivity contribution is -0.126. The molecule has 1 heterocycles. The number of nitrogens with one attached hydrogen (secondary N) is 1. The number of piperazine rings is 1. The van der Waals surface area contributed by atoms with Crippen molar-refractivity contribution >= 4 is 15.9 Å². The summed E-state index contributed by atoms with van der Waals surface area (Å²) in [6.07, 6.45) is 0. The van der Waals surface area contributed by atoms with E-state index in [1.165, 1.54) is 4.31 Å². The summed E-state index contributed by atoms with van der Waals surface area (Å²) in [7, 11) is -1.92. The third-order valence-corrected chi connectivity index (χ3v) is 6.81. The Kier molecular flexibility index (Phi) is 7.16. The Morgan fingerprint density at radius 1 is 1.23 bits per heavy atom. The number of carbonyl (C=O) groups excluding carboxylic acids is 1. The fourth-order valence-electron chi connectivity index (χ4n) is 3.05. The minimum Gasteiger partial charge on any atom is -0.383 e. The van der Waals surface area contributed by atoms with Gasteiger partial charge in [0.05, 0.1) is 17.5 Å². The Labute approximate surface area is 156 Å². The summed E-state index contributed by atoms with van der Waals surface area (Å²) in [5.41, 5.74) is 1.68. The van der Waals surface area contributed by atoms with Crippen molar-refractivity contribution in [2.45, 2.75) is 31.7 Å². The molecule has 146 valence electrons. The zero-order chi connectivity index (χ0) is 19.3. The van der Waals surface area contributed by atoms with Crippen LogP contribution in [0.4, 0.5) is 0 Å². The van der Waals surface area contributed by atoms with E-state index in [2.05, 4.69) is 5.32 Å². The van der Waals surface area contributed by atoms with Crippen molar-refractivity contribution in [1.29, 1.82) is 0 Å². The average molecular weight is 384 g/mol. The monoisotopic (exact) mass is 383 g/mol. The van der Waals surface area contributed by atoms with E-state index in [-0.39, 0.29) is 11.9 Å². The largest absolute Gasteiger partial charge is 0.383 e. The van der Waals surface area contributed by atoms with E-state index < -0.39 is 10.0 Å². The Balaban J connectivity index is 1.99. The summed E-state index contributed by atoms with van der Waals surface area (Å²) < 4.78 is 32.4. The van der Waals surface area contributed by atoms with Crippen molar-refractivity contribution in [3.05, 3.63) is 29.3 Å². The fraction of sp³-hybridized carbons (Fsp3) is 0.611. The van der Waals surface area contributed by atoms with Crippen LogP contribution in [0.3, 0.4) is 0 Å². The van der Waals surface area contributed by atoms with Gasteiger partial charge in [-0.25, -0.2) is 8.42 Å². The minimum absolute atomic E-state index is 0.0621. The molecular weight excluding hydrogens is 354 g/mol. The number of aryl methyl sites for hydroxylation is 2.